The minimum absolute atomic E-state index is 0.0592. The van der Waals surface area contributed by atoms with Gasteiger partial charge >= 0.3 is 5.97 Å². The number of rotatable bonds is 3. The molecule has 1 aromatic carbocycles. The molecule has 20 heavy (non-hydrogen) atoms. The third-order valence-electron chi connectivity index (χ3n) is 3.58. The summed E-state index contributed by atoms with van der Waals surface area (Å²) in [6, 6.07) is 5.51. The van der Waals surface area contributed by atoms with E-state index in [1.54, 1.807) is 6.07 Å². The largest absolute Gasteiger partial charge is 0.481 e. The maximum atomic E-state index is 12.2. The second kappa shape index (κ2) is 6.72. The lowest BCUT2D eigenvalue weighted by Gasteiger charge is -2.27. The summed E-state index contributed by atoms with van der Waals surface area (Å²) in [7, 11) is 0. The third kappa shape index (κ3) is 3.82. The van der Waals surface area contributed by atoms with E-state index in [4.69, 9.17) is 5.11 Å². The van der Waals surface area contributed by atoms with Crippen molar-refractivity contribution in [3.05, 3.63) is 32.7 Å². The van der Waals surface area contributed by atoms with Gasteiger partial charge in [0.05, 0.1) is 11.5 Å². The number of carboxylic acids is 1. The van der Waals surface area contributed by atoms with Crippen LogP contribution < -0.4 is 5.32 Å². The van der Waals surface area contributed by atoms with E-state index in [2.05, 4.69) is 37.2 Å². The van der Waals surface area contributed by atoms with Crippen molar-refractivity contribution < 1.29 is 14.7 Å². The molecule has 1 aliphatic carbocycles. The van der Waals surface area contributed by atoms with E-state index in [0.717, 1.165) is 8.95 Å². The number of carbonyl (C=O) groups is 2. The molecule has 0 unspecified atom stereocenters. The van der Waals surface area contributed by atoms with Crippen LogP contribution in [0, 0.1) is 5.92 Å². The molecule has 0 aliphatic heterocycles. The maximum absolute atomic E-state index is 12.2. The molecule has 6 heteroatoms. The van der Waals surface area contributed by atoms with Crippen molar-refractivity contribution in [1.82, 2.24) is 5.32 Å². The highest BCUT2D eigenvalue weighted by atomic mass is 79.9. The molecular weight excluding hydrogens is 390 g/mol. The Morgan fingerprint density at radius 1 is 1.15 bits per heavy atom. The van der Waals surface area contributed by atoms with Gasteiger partial charge in [-0.05, 0) is 59.8 Å². The fourth-order valence-electron chi connectivity index (χ4n) is 2.42. The molecule has 1 amide bonds. The molecule has 1 saturated carbocycles. The summed E-state index contributed by atoms with van der Waals surface area (Å²) in [5.74, 6) is -1.12. The van der Waals surface area contributed by atoms with Gasteiger partial charge in [0.15, 0.2) is 0 Å². The zero-order valence-electron chi connectivity index (χ0n) is 10.7. The molecule has 2 N–H and O–H groups in total. The number of halogens is 2. The summed E-state index contributed by atoms with van der Waals surface area (Å²) in [5.41, 5.74) is 0.583. The fourth-order valence-corrected chi connectivity index (χ4v) is 3.21. The van der Waals surface area contributed by atoms with E-state index in [0.29, 0.717) is 31.2 Å². The van der Waals surface area contributed by atoms with Gasteiger partial charge in [-0.3, -0.25) is 9.59 Å². The van der Waals surface area contributed by atoms with Crippen molar-refractivity contribution in [3.63, 3.8) is 0 Å². The highest BCUT2D eigenvalue weighted by Gasteiger charge is 2.27. The van der Waals surface area contributed by atoms with Crippen LogP contribution in [0.1, 0.15) is 36.0 Å². The van der Waals surface area contributed by atoms with E-state index in [1.807, 2.05) is 12.1 Å². The summed E-state index contributed by atoms with van der Waals surface area (Å²) < 4.78 is 1.60. The Hall–Kier alpha value is -0.880. The smallest absolute Gasteiger partial charge is 0.306 e. The molecule has 1 aromatic rings. The molecule has 0 spiro atoms. The Labute approximate surface area is 134 Å². The Morgan fingerprint density at radius 3 is 2.40 bits per heavy atom. The minimum atomic E-state index is -0.732. The molecule has 108 valence electrons. The normalized spacial score (nSPS) is 22.3. The van der Waals surface area contributed by atoms with Crippen molar-refractivity contribution in [2.24, 2.45) is 5.92 Å². The zero-order chi connectivity index (χ0) is 14.7. The van der Waals surface area contributed by atoms with E-state index in [1.165, 1.54) is 0 Å². The molecule has 0 heterocycles. The molecule has 1 fully saturated rings. The number of carbonyl (C=O) groups excluding carboxylic acids is 1. The van der Waals surface area contributed by atoms with Crippen molar-refractivity contribution in [1.29, 1.82) is 0 Å². The van der Waals surface area contributed by atoms with Gasteiger partial charge in [-0.25, -0.2) is 0 Å². The van der Waals surface area contributed by atoms with Crippen LogP contribution in [0.25, 0.3) is 0 Å². The van der Waals surface area contributed by atoms with E-state index in [9.17, 15) is 9.59 Å². The van der Waals surface area contributed by atoms with Gasteiger partial charge in [0, 0.05) is 15.0 Å². The summed E-state index contributed by atoms with van der Waals surface area (Å²) in [6.07, 6.45) is 2.68. The van der Waals surface area contributed by atoms with Crippen LogP contribution in [0.5, 0.6) is 0 Å². The summed E-state index contributed by atoms with van der Waals surface area (Å²) in [5, 5.41) is 11.9. The lowest BCUT2D eigenvalue weighted by atomic mass is 9.86. The quantitative estimate of drug-likeness (QED) is 0.808. The van der Waals surface area contributed by atoms with Crippen LogP contribution >= 0.6 is 31.9 Å². The predicted octanol–water partition coefficient (Wildman–Crippen LogP) is 3.58. The van der Waals surface area contributed by atoms with E-state index in [-0.39, 0.29) is 17.9 Å². The first-order chi connectivity index (χ1) is 9.47. The second-order valence-corrected chi connectivity index (χ2v) is 6.75. The summed E-state index contributed by atoms with van der Waals surface area (Å²) in [6.45, 7) is 0. The van der Waals surface area contributed by atoms with Crippen LogP contribution in [-0.4, -0.2) is 23.0 Å². The molecule has 0 aromatic heterocycles. The lowest BCUT2D eigenvalue weighted by Crippen LogP contribution is -2.38. The summed E-state index contributed by atoms with van der Waals surface area (Å²) >= 11 is 6.71. The Balaban J connectivity index is 1.96. The number of aliphatic carboxylic acids is 1. The van der Waals surface area contributed by atoms with Crippen LogP contribution in [0.15, 0.2) is 27.1 Å². The van der Waals surface area contributed by atoms with Gasteiger partial charge in [0.25, 0.3) is 5.91 Å². The summed E-state index contributed by atoms with van der Waals surface area (Å²) in [4.78, 5) is 23.1. The van der Waals surface area contributed by atoms with Crippen molar-refractivity contribution in [2.75, 3.05) is 0 Å². The SMILES string of the molecule is O=C(NC1CCC(C(=O)O)CC1)c1cc(Br)ccc1Br. The minimum Gasteiger partial charge on any atom is -0.481 e. The van der Waals surface area contributed by atoms with Gasteiger partial charge in [-0.2, -0.15) is 0 Å². The first kappa shape index (κ1) is 15.5. The third-order valence-corrected chi connectivity index (χ3v) is 4.77. The van der Waals surface area contributed by atoms with Gasteiger partial charge in [0.1, 0.15) is 0 Å². The predicted molar refractivity (Wildman–Crippen MR) is 82.7 cm³/mol. The molecule has 0 saturated heterocycles. The Morgan fingerprint density at radius 2 is 1.80 bits per heavy atom. The Bertz CT molecular complexity index is 525. The number of hydrogen-bond acceptors (Lipinski definition) is 2. The monoisotopic (exact) mass is 403 g/mol. The maximum Gasteiger partial charge on any atom is 0.306 e. The van der Waals surface area contributed by atoms with Gasteiger partial charge in [-0.1, -0.05) is 15.9 Å². The van der Waals surface area contributed by atoms with Gasteiger partial charge in [-0.15, -0.1) is 0 Å². The number of hydrogen-bond donors (Lipinski definition) is 2. The zero-order valence-corrected chi connectivity index (χ0v) is 13.9. The van der Waals surface area contributed by atoms with Gasteiger partial charge < -0.3 is 10.4 Å². The average Bonchev–Trinajstić information content (AvgIpc) is 2.42. The molecule has 4 nitrogen and oxygen atoms in total. The topological polar surface area (TPSA) is 66.4 Å². The highest BCUT2D eigenvalue weighted by molar-refractivity contribution is 9.11. The van der Waals surface area contributed by atoms with Crippen molar-refractivity contribution in [3.8, 4) is 0 Å². The highest BCUT2D eigenvalue weighted by Crippen LogP contribution is 2.26. The standard InChI is InChI=1S/C14H15Br2NO3/c15-9-3-6-12(16)11(7-9)13(18)17-10-4-1-8(2-5-10)14(19)20/h3,6-8,10H,1-2,4-5H2,(H,17,18)(H,19,20). The fraction of sp³-hybridized carbons (Fsp3) is 0.429. The van der Waals surface area contributed by atoms with Crippen LogP contribution in [0.2, 0.25) is 0 Å². The number of carboxylic acid groups (broad SMARTS) is 1. The Kier molecular flexibility index (Phi) is 5.21. The number of amides is 1. The van der Waals surface area contributed by atoms with E-state index < -0.39 is 5.97 Å². The molecule has 0 radical (unpaired) electrons. The van der Waals surface area contributed by atoms with E-state index >= 15 is 0 Å². The van der Waals surface area contributed by atoms with Crippen molar-refractivity contribution in [2.45, 2.75) is 31.7 Å². The molecule has 2 rings (SSSR count). The molecule has 1 aliphatic rings. The van der Waals surface area contributed by atoms with Crippen LogP contribution in [-0.2, 0) is 4.79 Å². The van der Waals surface area contributed by atoms with Crippen molar-refractivity contribution >= 4 is 43.7 Å². The number of benzene rings is 1. The average molecular weight is 405 g/mol. The van der Waals surface area contributed by atoms with Gasteiger partial charge in [0.2, 0.25) is 0 Å². The first-order valence-electron chi connectivity index (χ1n) is 6.46. The number of nitrogens with one attached hydrogen (secondary N) is 1. The van der Waals surface area contributed by atoms with Crippen LogP contribution in [0.4, 0.5) is 0 Å². The second-order valence-electron chi connectivity index (χ2n) is 4.98. The molecule has 0 atom stereocenters. The lowest BCUT2D eigenvalue weighted by molar-refractivity contribution is -0.142. The first-order valence-corrected chi connectivity index (χ1v) is 8.04. The van der Waals surface area contributed by atoms with Crippen LogP contribution in [0.3, 0.4) is 0 Å². The molecule has 0 bridgehead atoms. The molecular formula is C14H15Br2NO3.